The van der Waals surface area contributed by atoms with Gasteiger partial charge in [-0.05, 0) is 37.0 Å². The number of carbonyl (C=O) groups is 2. The first-order chi connectivity index (χ1) is 13.2. The number of likely N-dealkylation sites (tertiary alicyclic amines) is 1. The lowest BCUT2D eigenvalue weighted by Gasteiger charge is -2.32. The summed E-state index contributed by atoms with van der Waals surface area (Å²) in [4.78, 5) is 27.1. The van der Waals surface area contributed by atoms with Crippen LogP contribution >= 0.6 is 0 Å². The number of rotatable bonds is 4. The summed E-state index contributed by atoms with van der Waals surface area (Å²) in [5, 5.41) is 3.14. The Kier molecular flexibility index (Phi) is 5.48. The molecule has 1 aliphatic rings. The number of amides is 2. The molecule has 1 aromatic carbocycles. The second-order valence-electron chi connectivity index (χ2n) is 6.66. The van der Waals surface area contributed by atoms with Gasteiger partial charge in [-0.25, -0.2) is 4.39 Å². The zero-order chi connectivity index (χ0) is 20.5. The summed E-state index contributed by atoms with van der Waals surface area (Å²) in [5.41, 5.74) is 0.312. The molecule has 1 aromatic heterocycles. The zero-order valence-electron chi connectivity index (χ0n) is 15.0. The Morgan fingerprint density at radius 2 is 1.96 bits per heavy atom. The lowest BCUT2D eigenvalue weighted by molar-refractivity contribution is -0.186. The van der Waals surface area contributed by atoms with Crippen molar-refractivity contribution in [2.45, 2.75) is 19.0 Å². The summed E-state index contributed by atoms with van der Waals surface area (Å²) >= 11 is 0. The summed E-state index contributed by atoms with van der Waals surface area (Å²) in [7, 11) is 1.44. The zero-order valence-corrected chi connectivity index (χ0v) is 15.0. The highest BCUT2D eigenvalue weighted by atomic mass is 19.4. The van der Waals surface area contributed by atoms with E-state index in [-0.39, 0.29) is 36.8 Å². The molecule has 2 N–H and O–H groups in total. The Hall–Kier alpha value is -2.78. The molecule has 0 atom stereocenters. The first kappa shape index (κ1) is 20.0. The fourth-order valence-corrected chi connectivity index (χ4v) is 3.31. The highest BCUT2D eigenvalue weighted by molar-refractivity contribution is 5.99. The first-order valence-corrected chi connectivity index (χ1v) is 8.70. The van der Waals surface area contributed by atoms with Crippen LogP contribution in [-0.2, 0) is 4.79 Å². The van der Waals surface area contributed by atoms with Crippen LogP contribution in [0, 0.1) is 11.7 Å². The molecule has 0 bridgehead atoms. The quantitative estimate of drug-likeness (QED) is 0.774. The topological polar surface area (TPSA) is 74.4 Å². The Bertz CT molecular complexity index is 886. The summed E-state index contributed by atoms with van der Waals surface area (Å²) in [5.74, 6) is -2.42. The number of nitrogens with one attached hydrogen (secondary N) is 2. The van der Waals surface area contributed by atoms with Gasteiger partial charge in [0.2, 0.25) is 0 Å². The van der Waals surface area contributed by atoms with Gasteiger partial charge in [0.1, 0.15) is 17.3 Å². The number of halogens is 4. The molecular formula is C18H19F4N3O3. The molecule has 1 fully saturated rings. The molecule has 3 rings (SSSR count). The van der Waals surface area contributed by atoms with E-state index in [2.05, 4.69) is 10.3 Å². The van der Waals surface area contributed by atoms with Crippen molar-refractivity contribution in [3.8, 4) is 5.75 Å². The number of benzene rings is 1. The van der Waals surface area contributed by atoms with Crippen molar-refractivity contribution in [1.29, 1.82) is 0 Å². The van der Waals surface area contributed by atoms with Gasteiger partial charge in [-0.3, -0.25) is 9.59 Å². The largest absolute Gasteiger partial charge is 0.496 e. The van der Waals surface area contributed by atoms with Crippen LogP contribution in [0.5, 0.6) is 5.75 Å². The Balaban J connectivity index is 1.58. The third kappa shape index (κ3) is 4.05. The maximum absolute atomic E-state index is 13.9. The molecule has 152 valence electrons. The number of fused-ring (bicyclic) bond motifs is 1. The van der Waals surface area contributed by atoms with E-state index in [9.17, 15) is 27.2 Å². The molecule has 1 aliphatic heterocycles. The van der Waals surface area contributed by atoms with Gasteiger partial charge in [-0.2, -0.15) is 13.2 Å². The number of carbonyl (C=O) groups excluding carboxylic acids is 2. The van der Waals surface area contributed by atoms with Crippen molar-refractivity contribution in [2.75, 3.05) is 26.7 Å². The van der Waals surface area contributed by atoms with Gasteiger partial charge >= 0.3 is 12.1 Å². The van der Waals surface area contributed by atoms with Crippen LogP contribution in [0.4, 0.5) is 17.6 Å². The van der Waals surface area contributed by atoms with E-state index >= 15 is 0 Å². The number of aromatic nitrogens is 1. The lowest BCUT2D eigenvalue weighted by atomic mass is 9.96. The fourth-order valence-electron chi connectivity index (χ4n) is 3.31. The molecule has 2 heterocycles. The minimum atomic E-state index is -4.87. The molecule has 0 saturated carbocycles. The Morgan fingerprint density at radius 3 is 2.57 bits per heavy atom. The third-order valence-corrected chi connectivity index (χ3v) is 4.86. The van der Waals surface area contributed by atoms with E-state index in [1.165, 1.54) is 25.3 Å². The second kappa shape index (κ2) is 7.69. The number of hydrogen-bond acceptors (Lipinski definition) is 3. The van der Waals surface area contributed by atoms with E-state index in [0.717, 1.165) is 4.90 Å². The van der Waals surface area contributed by atoms with Crippen LogP contribution in [0.15, 0.2) is 18.2 Å². The van der Waals surface area contributed by atoms with Crippen LogP contribution in [0.25, 0.3) is 10.9 Å². The van der Waals surface area contributed by atoms with Crippen molar-refractivity contribution in [3.63, 3.8) is 0 Å². The van der Waals surface area contributed by atoms with Crippen LogP contribution in [-0.4, -0.2) is 54.6 Å². The number of hydrogen-bond donors (Lipinski definition) is 2. The standard InChI is InChI=1S/C18H19F4N3O3/c1-28-14-3-2-12(19)15-11(14)8-13(24-15)16(26)23-9-10-4-6-25(7-5-10)17(27)18(20,21)22/h2-3,8,10,24H,4-7,9H2,1H3,(H,23,26). The summed E-state index contributed by atoms with van der Waals surface area (Å²) in [6.07, 6.45) is -4.15. The summed E-state index contributed by atoms with van der Waals surface area (Å²) < 4.78 is 56.4. The van der Waals surface area contributed by atoms with Gasteiger partial charge in [0.15, 0.2) is 0 Å². The predicted octanol–water partition coefficient (Wildman–Crippen LogP) is 2.85. The molecule has 6 nitrogen and oxygen atoms in total. The van der Waals surface area contributed by atoms with E-state index < -0.39 is 23.8 Å². The number of alkyl halides is 3. The third-order valence-electron chi connectivity index (χ3n) is 4.86. The van der Waals surface area contributed by atoms with Gasteiger partial charge in [0.25, 0.3) is 5.91 Å². The van der Waals surface area contributed by atoms with Crippen LogP contribution in [0.1, 0.15) is 23.3 Å². The Labute approximate surface area is 157 Å². The molecular weight excluding hydrogens is 382 g/mol. The molecule has 2 aromatic rings. The maximum atomic E-state index is 13.9. The van der Waals surface area contributed by atoms with Crippen molar-refractivity contribution in [3.05, 3.63) is 29.7 Å². The molecule has 2 amide bonds. The number of nitrogens with zero attached hydrogens (tertiary/aromatic N) is 1. The predicted molar refractivity (Wildman–Crippen MR) is 92.5 cm³/mol. The number of H-pyrrole nitrogens is 1. The van der Waals surface area contributed by atoms with Crippen molar-refractivity contribution in [2.24, 2.45) is 5.92 Å². The second-order valence-corrected chi connectivity index (χ2v) is 6.66. The van der Waals surface area contributed by atoms with Gasteiger partial charge in [0, 0.05) is 25.0 Å². The minimum Gasteiger partial charge on any atom is -0.496 e. The average Bonchev–Trinajstić information content (AvgIpc) is 3.12. The number of methoxy groups -OCH3 is 1. The lowest BCUT2D eigenvalue weighted by Crippen LogP contribution is -2.46. The molecule has 0 radical (unpaired) electrons. The smallest absolute Gasteiger partial charge is 0.471 e. The minimum absolute atomic E-state index is 0.00627. The molecule has 0 spiro atoms. The Morgan fingerprint density at radius 1 is 1.29 bits per heavy atom. The average molecular weight is 401 g/mol. The summed E-state index contributed by atoms with van der Waals surface area (Å²) in [6.45, 7) is 0.239. The van der Waals surface area contributed by atoms with Gasteiger partial charge in [-0.15, -0.1) is 0 Å². The SMILES string of the molecule is COc1ccc(F)c2[nH]c(C(=O)NCC3CCN(C(=O)C(F)(F)F)CC3)cc12. The summed E-state index contributed by atoms with van der Waals surface area (Å²) in [6, 6.07) is 4.18. The van der Waals surface area contributed by atoms with Crippen molar-refractivity contribution >= 4 is 22.7 Å². The molecule has 10 heteroatoms. The van der Waals surface area contributed by atoms with Gasteiger partial charge < -0.3 is 19.9 Å². The maximum Gasteiger partial charge on any atom is 0.471 e. The molecule has 0 unspecified atom stereocenters. The van der Waals surface area contributed by atoms with E-state index in [0.29, 0.717) is 24.0 Å². The van der Waals surface area contributed by atoms with Gasteiger partial charge in [0.05, 0.1) is 12.6 Å². The monoisotopic (exact) mass is 401 g/mol. The van der Waals surface area contributed by atoms with Crippen molar-refractivity contribution in [1.82, 2.24) is 15.2 Å². The van der Waals surface area contributed by atoms with E-state index in [1.807, 2.05) is 0 Å². The van der Waals surface area contributed by atoms with Crippen LogP contribution < -0.4 is 10.1 Å². The highest BCUT2D eigenvalue weighted by Gasteiger charge is 2.43. The van der Waals surface area contributed by atoms with E-state index in [1.54, 1.807) is 0 Å². The molecule has 0 aliphatic carbocycles. The van der Waals surface area contributed by atoms with Crippen molar-refractivity contribution < 1.29 is 31.9 Å². The van der Waals surface area contributed by atoms with E-state index in [4.69, 9.17) is 4.74 Å². The number of ether oxygens (including phenoxy) is 1. The number of aromatic amines is 1. The van der Waals surface area contributed by atoms with Gasteiger partial charge in [-0.1, -0.05) is 0 Å². The fraction of sp³-hybridized carbons (Fsp3) is 0.444. The first-order valence-electron chi connectivity index (χ1n) is 8.70. The van der Waals surface area contributed by atoms with Crippen LogP contribution in [0.2, 0.25) is 0 Å². The van der Waals surface area contributed by atoms with Crippen LogP contribution in [0.3, 0.4) is 0 Å². The highest BCUT2D eigenvalue weighted by Crippen LogP contribution is 2.28. The molecule has 28 heavy (non-hydrogen) atoms. The molecule has 1 saturated heterocycles. The number of piperidine rings is 1. The normalized spacial score (nSPS) is 15.7.